The molecular weight excluding hydrogens is 309 g/mol. The summed E-state index contributed by atoms with van der Waals surface area (Å²) in [6, 6.07) is 7.08. The Balaban J connectivity index is 1.90. The predicted octanol–water partition coefficient (Wildman–Crippen LogP) is 5.05. The van der Waals surface area contributed by atoms with Crippen molar-refractivity contribution in [3.8, 4) is 5.75 Å². The maximum atomic E-state index is 5.92. The van der Waals surface area contributed by atoms with Crippen molar-refractivity contribution in [3.05, 3.63) is 51.9 Å². The first-order chi connectivity index (χ1) is 9.82. The SMILES string of the molecule is CC(C)(C)NCc1coc(COc2cc(Cl)cc(Cl)c2)c1. The highest BCUT2D eigenvalue weighted by Crippen LogP contribution is 2.25. The van der Waals surface area contributed by atoms with E-state index in [-0.39, 0.29) is 5.54 Å². The Morgan fingerprint density at radius 3 is 2.38 bits per heavy atom. The number of hydrogen-bond donors (Lipinski definition) is 1. The van der Waals surface area contributed by atoms with Crippen LogP contribution in [0.1, 0.15) is 32.1 Å². The zero-order valence-corrected chi connectivity index (χ0v) is 13.9. The highest BCUT2D eigenvalue weighted by Gasteiger charge is 2.10. The second-order valence-corrected chi connectivity index (χ2v) is 6.79. The largest absolute Gasteiger partial charge is 0.486 e. The lowest BCUT2D eigenvalue weighted by Crippen LogP contribution is -2.34. The minimum Gasteiger partial charge on any atom is -0.486 e. The lowest BCUT2D eigenvalue weighted by Gasteiger charge is -2.19. The summed E-state index contributed by atoms with van der Waals surface area (Å²) in [5, 5.41) is 4.50. The topological polar surface area (TPSA) is 34.4 Å². The predicted molar refractivity (Wildman–Crippen MR) is 86.1 cm³/mol. The Labute approximate surface area is 135 Å². The molecule has 2 rings (SSSR count). The Morgan fingerprint density at radius 2 is 1.76 bits per heavy atom. The van der Waals surface area contributed by atoms with Crippen LogP contribution in [0.25, 0.3) is 0 Å². The Bertz CT molecular complexity index is 582. The third-order valence-corrected chi connectivity index (χ3v) is 3.18. The molecule has 1 aromatic carbocycles. The molecule has 0 atom stereocenters. The molecule has 0 saturated heterocycles. The van der Waals surface area contributed by atoms with Gasteiger partial charge in [0.15, 0.2) is 0 Å². The van der Waals surface area contributed by atoms with Gasteiger partial charge in [0.05, 0.1) is 6.26 Å². The summed E-state index contributed by atoms with van der Waals surface area (Å²) in [5.41, 5.74) is 1.17. The molecule has 0 unspecified atom stereocenters. The van der Waals surface area contributed by atoms with Gasteiger partial charge < -0.3 is 14.5 Å². The first-order valence-electron chi connectivity index (χ1n) is 6.72. The third-order valence-electron chi connectivity index (χ3n) is 2.75. The highest BCUT2D eigenvalue weighted by molar-refractivity contribution is 6.34. The van der Waals surface area contributed by atoms with Crippen molar-refractivity contribution in [3.63, 3.8) is 0 Å². The van der Waals surface area contributed by atoms with E-state index in [1.807, 2.05) is 6.07 Å². The van der Waals surface area contributed by atoms with Crippen LogP contribution in [0.3, 0.4) is 0 Å². The molecule has 0 amide bonds. The normalized spacial score (nSPS) is 11.7. The average Bonchev–Trinajstić information content (AvgIpc) is 2.80. The second-order valence-electron chi connectivity index (χ2n) is 5.92. The number of nitrogens with one attached hydrogen (secondary N) is 1. The van der Waals surface area contributed by atoms with Gasteiger partial charge in [0.1, 0.15) is 18.1 Å². The summed E-state index contributed by atoms with van der Waals surface area (Å²) in [5.74, 6) is 1.38. The number of halogens is 2. The number of rotatable bonds is 5. The molecule has 0 aliphatic rings. The summed E-state index contributed by atoms with van der Waals surface area (Å²) in [4.78, 5) is 0. The minimum absolute atomic E-state index is 0.0749. The summed E-state index contributed by atoms with van der Waals surface area (Å²) in [6.07, 6.45) is 1.74. The van der Waals surface area contributed by atoms with E-state index < -0.39 is 0 Å². The van der Waals surface area contributed by atoms with Crippen LogP contribution in [0.5, 0.6) is 5.75 Å². The van der Waals surface area contributed by atoms with E-state index in [0.717, 1.165) is 17.9 Å². The van der Waals surface area contributed by atoms with Gasteiger partial charge in [0.2, 0.25) is 0 Å². The first kappa shape index (κ1) is 16.2. The lowest BCUT2D eigenvalue weighted by molar-refractivity contribution is 0.270. The zero-order chi connectivity index (χ0) is 15.5. The molecular formula is C16H19Cl2NO2. The van der Waals surface area contributed by atoms with Gasteiger partial charge in [-0.1, -0.05) is 23.2 Å². The number of furan rings is 1. The van der Waals surface area contributed by atoms with Crippen molar-refractivity contribution in [1.82, 2.24) is 5.32 Å². The summed E-state index contributed by atoms with van der Waals surface area (Å²) in [7, 11) is 0. The molecule has 0 saturated carbocycles. The fourth-order valence-corrected chi connectivity index (χ4v) is 2.23. The van der Waals surface area contributed by atoms with Crippen molar-refractivity contribution >= 4 is 23.2 Å². The Kier molecular flexibility index (Phi) is 5.20. The van der Waals surface area contributed by atoms with E-state index in [0.29, 0.717) is 22.4 Å². The van der Waals surface area contributed by atoms with Gasteiger partial charge in [0, 0.05) is 27.7 Å². The van der Waals surface area contributed by atoms with Gasteiger partial charge in [-0.25, -0.2) is 0 Å². The molecule has 0 bridgehead atoms. The van der Waals surface area contributed by atoms with Gasteiger partial charge in [-0.2, -0.15) is 0 Å². The molecule has 1 aromatic heterocycles. The molecule has 0 spiro atoms. The van der Waals surface area contributed by atoms with Gasteiger partial charge in [-0.05, 0) is 45.0 Å². The quantitative estimate of drug-likeness (QED) is 0.834. The molecule has 0 fully saturated rings. The van der Waals surface area contributed by atoms with Crippen molar-refractivity contribution in [1.29, 1.82) is 0 Å². The van der Waals surface area contributed by atoms with E-state index in [1.165, 1.54) is 0 Å². The van der Waals surface area contributed by atoms with Crippen molar-refractivity contribution in [2.24, 2.45) is 0 Å². The molecule has 5 heteroatoms. The van der Waals surface area contributed by atoms with Crippen molar-refractivity contribution in [2.75, 3.05) is 0 Å². The van der Waals surface area contributed by atoms with Crippen LogP contribution in [-0.2, 0) is 13.2 Å². The standard InChI is InChI=1S/C16H19Cl2NO2/c1-16(2,3)19-8-11-4-15(20-9-11)10-21-14-6-12(17)5-13(18)7-14/h4-7,9,19H,8,10H2,1-3H3. The number of hydrogen-bond acceptors (Lipinski definition) is 3. The fourth-order valence-electron chi connectivity index (χ4n) is 1.73. The molecule has 21 heavy (non-hydrogen) atoms. The van der Waals surface area contributed by atoms with Crippen LogP contribution in [0, 0.1) is 0 Å². The molecule has 114 valence electrons. The van der Waals surface area contributed by atoms with E-state index in [1.54, 1.807) is 24.5 Å². The van der Waals surface area contributed by atoms with Crippen LogP contribution < -0.4 is 10.1 Å². The minimum atomic E-state index is 0.0749. The first-order valence-corrected chi connectivity index (χ1v) is 7.48. The van der Waals surface area contributed by atoms with E-state index >= 15 is 0 Å². The van der Waals surface area contributed by atoms with Crippen LogP contribution in [0.4, 0.5) is 0 Å². The van der Waals surface area contributed by atoms with Crippen LogP contribution >= 0.6 is 23.2 Å². The fraction of sp³-hybridized carbons (Fsp3) is 0.375. The van der Waals surface area contributed by atoms with Gasteiger partial charge in [-0.3, -0.25) is 0 Å². The molecule has 3 nitrogen and oxygen atoms in total. The molecule has 0 aliphatic carbocycles. The smallest absolute Gasteiger partial charge is 0.146 e. The molecule has 1 N–H and O–H groups in total. The molecule has 2 aromatic rings. The third kappa shape index (κ3) is 5.62. The van der Waals surface area contributed by atoms with Gasteiger partial charge >= 0.3 is 0 Å². The van der Waals surface area contributed by atoms with Crippen LogP contribution in [0.15, 0.2) is 34.9 Å². The van der Waals surface area contributed by atoms with Crippen LogP contribution in [-0.4, -0.2) is 5.54 Å². The zero-order valence-electron chi connectivity index (χ0n) is 12.4. The van der Waals surface area contributed by atoms with E-state index in [2.05, 4.69) is 26.1 Å². The maximum absolute atomic E-state index is 5.92. The molecule has 1 heterocycles. The number of benzene rings is 1. The van der Waals surface area contributed by atoms with Gasteiger partial charge in [0.25, 0.3) is 0 Å². The molecule has 0 aliphatic heterocycles. The Hall–Kier alpha value is -1.16. The number of ether oxygens (including phenoxy) is 1. The second kappa shape index (κ2) is 6.73. The summed E-state index contributed by atoms with van der Waals surface area (Å²) < 4.78 is 11.1. The van der Waals surface area contributed by atoms with Crippen LogP contribution in [0.2, 0.25) is 10.0 Å². The summed E-state index contributed by atoms with van der Waals surface area (Å²) >= 11 is 11.8. The van der Waals surface area contributed by atoms with E-state index in [9.17, 15) is 0 Å². The summed E-state index contributed by atoms with van der Waals surface area (Å²) in [6.45, 7) is 7.47. The average molecular weight is 328 g/mol. The van der Waals surface area contributed by atoms with Crippen molar-refractivity contribution in [2.45, 2.75) is 39.5 Å². The van der Waals surface area contributed by atoms with Crippen molar-refractivity contribution < 1.29 is 9.15 Å². The Morgan fingerprint density at radius 1 is 1.10 bits per heavy atom. The highest BCUT2D eigenvalue weighted by atomic mass is 35.5. The van der Waals surface area contributed by atoms with E-state index in [4.69, 9.17) is 32.4 Å². The van der Waals surface area contributed by atoms with Gasteiger partial charge in [-0.15, -0.1) is 0 Å². The molecule has 0 radical (unpaired) electrons. The lowest BCUT2D eigenvalue weighted by atomic mass is 10.1. The monoisotopic (exact) mass is 327 g/mol. The maximum Gasteiger partial charge on any atom is 0.146 e.